The summed E-state index contributed by atoms with van der Waals surface area (Å²) in [4.78, 5) is 2.43. The van der Waals surface area contributed by atoms with E-state index < -0.39 is 0 Å². The van der Waals surface area contributed by atoms with E-state index in [4.69, 9.17) is 4.42 Å². The van der Waals surface area contributed by atoms with Crippen molar-refractivity contribution in [1.29, 1.82) is 0 Å². The summed E-state index contributed by atoms with van der Waals surface area (Å²) in [6.07, 6.45) is 0. The summed E-state index contributed by atoms with van der Waals surface area (Å²) >= 11 is 1.86. The number of hydrogen-bond donors (Lipinski definition) is 0. The molecule has 0 saturated heterocycles. The molecular formula is C50H31NOS. The van der Waals surface area contributed by atoms with Gasteiger partial charge in [0.2, 0.25) is 0 Å². The number of rotatable bonds is 5. The summed E-state index contributed by atoms with van der Waals surface area (Å²) in [5.74, 6) is 0. The summed E-state index contributed by atoms with van der Waals surface area (Å²) in [5, 5.41) is 9.70. The fraction of sp³-hybridized carbons (Fsp3) is 0. The van der Waals surface area contributed by atoms with Gasteiger partial charge in [0.25, 0.3) is 0 Å². The molecule has 0 unspecified atom stereocenters. The molecule has 0 N–H and O–H groups in total. The third-order valence-electron chi connectivity index (χ3n) is 10.6. The highest BCUT2D eigenvalue weighted by Crippen LogP contribution is 2.48. The van der Waals surface area contributed by atoms with E-state index in [0.29, 0.717) is 0 Å². The van der Waals surface area contributed by atoms with E-state index in [9.17, 15) is 0 Å². The lowest BCUT2D eigenvalue weighted by molar-refractivity contribution is 0.670. The zero-order valence-corrected chi connectivity index (χ0v) is 29.5. The number of anilines is 3. The van der Waals surface area contributed by atoms with Crippen molar-refractivity contribution >= 4 is 92.1 Å². The van der Waals surface area contributed by atoms with Crippen molar-refractivity contribution in [3.05, 3.63) is 188 Å². The van der Waals surface area contributed by atoms with E-state index in [-0.39, 0.29) is 0 Å². The lowest BCUT2D eigenvalue weighted by Crippen LogP contribution is -2.10. The topological polar surface area (TPSA) is 16.4 Å². The predicted octanol–water partition coefficient (Wildman–Crippen LogP) is 15.1. The van der Waals surface area contributed by atoms with Crippen LogP contribution in [0.1, 0.15) is 0 Å². The molecule has 11 rings (SSSR count). The minimum absolute atomic E-state index is 0.880. The SMILES string of the molecule is c1ccc(-c2ccc3c(c2)sc2cc(N(c4ccc5ccc6ccccc6c5c4)c4ccc(-c5ccccc5)c5oc6ccccc6c45)ccc23)cc1. The third-order valence-corrected chi connectivity index (χ3v) is 11.8. The first-order valence-corrected chi connectivity index (χ1v) is 18.8. The number of para-hydroxylation sites is 1. The lowest BCUT2D eigenvalue weighted by atomic mass is 9.98. The van der Waals surface area contributed by atoms with Crippen LogP contribution in [0, 0.1) is 0 Å². The average Bonchev–Trinajstić information content (AvgIpc) is 3.80. The normalized spacial score (nSPS) is 11.8. The van der Waals surface area contributed by atoms with Gasteiger partial charge in [-0.25, -0.2) is 0 Å². The first-order chi connectivity index (χ1) is 26.3. The second kappa shape index (κ2) is 11.9. The van der Waals surface area contributed by atoms with Gasteiger partial charge in [0.1, 0.15) is 11.2 Å². The highest BCUT2D eigenvalue weighted by atomic mass is 32.1. The standard InChI is InChI=1S/C50H31NOS/c1-3-11-32(12-4-1)36-22-25-41-42-26-24-38(31-48(42)53-47(41)29-36)51(37-23-21-35-20-19-34-15-7-8-16-39(34)44(35)30-37)45-28-27-40(33-13-5-2-6-14-33)50-49(45)43-17-9-10-18-46(43)52-50/h1-31H. The van der Waals surface area contributed by atoms with Crippen LogP contribution in [0.25, 0.3) is 85.9 Å². The molecule has 0 spiro atoms. The number of nitrogens with zero attached hydrogens (tertiary/aromatic N) is 1. The molecule has 0 fully saturated rings. The summed E-state index contributed by atoms with van der Waals surface area (Å²) in [6.45, 7) is 0. The highest BCUT2D eigenvalue weighted by molar-refractivity contribution is 7.25. The molecule has 0 saturated carbocycles. The fourth-order valence-corrected chi connectivity index (χ4v) is 9.29. The molecule has 3 heteroatoms. The van der Waals surface area contributed by atoms with E-state index in [1.165, 1.54) is 52.8 Å². The number of thiophene rings is 1. The Labute approximate surface area is 310 Å². The van der Waals surface area contributed by atoms with Gasteiger partial charge in [-0.05, 0) is 86.8 Å². The summed E-state index contributed by atoms with van der Waals surface area (Å²) in [6, 6.07) is 68.0. The minimum Gasteiger partial charge on any atom is -0.455 e. The van der Waals surface area contributed by atoms with Gasteiger partial charge in [-0.2, -0.15) is 0 Å². The van der Waals surface area contributed by atoms with Crippen molar-refractivity contribution in [2.45, 2.75) is 0 Å². The lowest BCUT2D eigenvalue weighted by Gasteiger charge is -2.27. The Hall–Kier alpha value is -6.68. The van der Waals surface area contributed by atoms with Crippen molar-refractivity contribution in [3.8, 4) is 22.3 Å². The largest absolute Gasteiger partial charge is 0.455 e. The van der Waals surface area contributed by atoms with Crippen LogP contribution < -0.4 is 4.90 Å². The molecule has 2 aromatic heterocycles. The first kappa shape index (κ1) is 30.0. The summed E-state index contributed by atoms with van der Waals surface area (Å²) < 4.78 is 9.31. The average molecular weight is 694 g/mol. The molecule has 11 aromatic rings. The van der Waals surface area contributed by atoms with Crippen LogP contribution in [0.5, 0.6) is 0 Å². The Balaban J connectivity index is 1.18. The molecule has 0 amide bonds. The predicted molar refractivity (Wildman–Crippen MR) is 227 cm³/mol. The Kier molecular flexibility index (Phi) is 6.76. The molecule has 0 aliphatic carbocycles. The van der Waals surface area contributed by atoms with Crippen molar-refractivity contribution < 1.29 is 4.42 Å². The van der Waals surface area contributed by atoms with Crippen LogP contribution in [-0.4, -0.2) is 0 Å². The zero-order chi connectivity index (χ0) is 34.9. The van der Waals surface area contributed by atoms with Crippen molar-refractivity contribution in [2.24, 2.45) is 0 Å². The summed E-state index contributed by atoms with van der Waals surface area (Å²) in [5.41, 5.74) is 9.74. The number of benzene rings is 9. The van der Waals surface area contributed by atoms with Gasteiger partial charge in [0.05, 0.1) is 11.1 Å². The van der Waals surface area contributed by atoms with E-state index in [2.05, 4.69) is 193 Å². The van der Waals surface area contributed by atoms with Crippen molar-refractivity contribution in [3.63, 3.8) is 0 Å². The monoisotopic (exact) mass is 693 g/mol. The highest BCUT2D eigenvalue weighted by Gasteiger charge is 2.23. The molecule has 53 heavy (non-hydrogen) atoms. The molecule has 0 aliphatic heterocycles. The second-order valence-corrected chi connectivity index (χ2v) is 14.8. The van der Waals surface area contributed by atoms with Crippen LogP contribution in [0.2, 0.25) is 0 Å². The summed E-state index contributed by atoms with van der Waals surface area (Å²) in [7, 11) is 0. The molecule has 2 nitrogen and oxygen atoms in total. The first-order valence-electron chi connectivity index (χ1n) is 18.0. The van der Waals surface area contributed by atoms with Gasteiger partial charge in [-0.1, -0.05) is 140 Å². The third kappa shape index (κ3) is 4.86. The van der Waals surface area contributed by atoms with Gasteiger partial charge < -0.3 is 9.32 Å². The molecule has 0 atom stereocenters. The number of furan rings is 1. The Morgan fingerprint density at radius 3 is 1.85 bits per heavy atom. The van der Waals surface area contributed by atoms with Crippen molar-refractivity contribution in [1.82, 2.24) is 0 Å². The van der Waals surface area contributed by atoms with Gasteiger partial charge in [-0.3, -0.25) is 0 Å². The van der Waals surface area contributed by atoms with Crippen LogP contribution in [0.15, 0.2) is 192 Å². The zero-order valence-electron chi connectivity index (χ0n) is 28.7. The van der Waals surface area contributed by atoms with Gasteiger partial charge in [0, 0.05) is 42.5 Å². The molecule has 9 aromatic carbocycles. The van der Waals surface area contributed by atoms with Gasteiger partial charge in [0.15, 0.2) is 0 Å². The van der Waals surface area contributed by atoms with E-state index in [1.807, 2.05) is 11.3 Å². The Morgan fingerprint density at radius 1 is 0.396 bits per heavy atom. The molecule has 0 bridgehead atoms. The molecule has 0 radical (unpaired) electrons. The van der Waals surface area contributed by atoms with E-state index in [1.54, 1.807) is 0 Å². The van der Waals surface area contributed by atoms with Gasteiger partial charge in [-0.15, -0.1) is 11.3 Å². The van der Waals surface area contributed by atoms with Crippen LogP contribution in [0.3, 0.4) is 0 Å². The van der Waals surface area contributed by atoms with Crippen LogP contribution in [-0.2, 0) is 0 Å². The molecule has 248 valence electrons. The Morgan fingerprint density at radius 2 is 1.02 bits per heavy atom. The molecular weight excluding hydrogens is 663 g/mol. The van der Waals surface area contributed by atoms with E-state index >= 15 is 0 Å². The maximum atomic E-state index is 6.76. The number of hydrogen-bond acceptors (Lipinski definition) is 3. The Bertz CT molecular complexity index is 3180. The molecule has 0 aliphatic rings. The van der Waals surface area contributed by atoms with E-state index in [0.717, 1.165) is 50.1 Å². The fourth-order valence-electron chi connectivity index (χ4n) is 8.11. The van der Waals surface area contributed by atoms with Crippen LogP contribution in [0.4, 0.5) is 17.1 Å². The minimum atomic E-state index is 0.880. The maximum absolute atomic E-state index is 6.76. The van der Waals surface area contributed by atoms with Gasteiger partial charge >= 0.3 is 0 Å². The van der Waals surface area contributed by atoms with Crippen LogP contribution >= 0.6 is 11.3 Å². The van der Waals surface area contributed by atoms with Crippen molar-refractivity contribution in [2.75, 3.05) is 4.90 Å². The molecule has 2 heterocycles. The quantitative estimate of drug-likeness (QED) is 0.167. The smallest absolute Gasteiger partial charge is 0.145 e. The number of fused-ring (bicyclic) bond motifs is 9. The maximum Gasteiger partial charge on any atom is 0.145 e. The second-order valence-electron chi connectivity index (χ2n) is 13.7.